The molecule has 0 fully saturated rings. The van der Waals surface area contributed by atoms with Crippen molar-refractivity contribution in [1.29, 1.82) is 0 Å². The minimum absolute atomic E-state index is 0.116. The van der Waals surface area contributed by atoms with Gasteiger partial charge in [0.25, 0.3) is 5.91 Å². The maximum absolute atomic E-state index is 12.4. The lowest BCUT2D eigenvalue weighted by molar-refractivity contribution is -0.118. The summed E-state index contributed by atoms with van der Waals surface area (Å²) in [7, 11) is 3.13. The fourth-order valence-corrected chi connectivity index (χ4v) is 3.88. The molecule has 0 spiro atoms. The molecule has 0 aliphatic heterocycles. The molecule has 172 valence electrons. The minimum Gasteiger partial charge on any atom is -0.493 e. The number of hydrogen-bond acceptors (Lipinski definition) is 8. The van der Waals surface area contributed by atoms with E-state index < -0.39 is 0 Å². The molecular weight excluding hydrogens is 452 g/mol. The van der Waals surface area contributed by atoms with Crippen LogP contribution < -0.4 is 14.9 Å². The highest BCUT2D eigenvalue weighted by Crippen LogP contribution is 2.28. The number of nitrogens with zero attached hydrogens (tertiary/aromatic N) is 5. The van der Waals surface area contributed by atoms with Crippen molar-refractivity contribution in [3.05, 3.63) is 78.6 Å². The molecule has 0 atom stereocenters. The Hall–Kier alpha value is -4.18. The first-order chi connectivity index (χ1) is 16.7. The molecule has 9 nitrogen and oxygen atoms in total. The molecule has 10 heteroatoms. The van der Waals surface area contributed by atoms with Crippen molar-refractivity contribution in [2.24, 2.45) is 5.10 Å². The molecular formula is C24H22N6O3S. The van der Waals surface area contributed by atoms with Gasteiger partial charge in [0.1, 0.15) is 0 Å². The van der Waals surface area contributed by atoms with E-state index in [1.54, 1.807) is 45.0 Å². The van der Waals surface area contributed by atoms with Gasteiger partial charge in [-0.25, -0.2) is 5.43 Å². The molecule has 0 bridgehead atoms. The number of hydrogen-bond donors (Lipinski definition) is 1. The molecule has 1 N–H and O–H groups in total. The van der Waals surface area contributed by atoms with Crippen molar-refractivity contribution < 1.29 is 14.3 Å². The molecule has 0 radical (unpaired) electrons. The average Bonchev–Trinajstić information content (AvgIpc) is 3.32. The lowest BCUT2D eigenvalue weighted by Crippen LogP contribution is -2.20. The van der Waals surface area contributed by atoms with Crippen molar-refractivity contribution >= 4 is 23.9 Å². The highest BCUT2D eigenvalue weighted by molar-refractivity contribution is 7.99. The molecule has 4 aromatic rings. The Kier molecular flexibility index (Phi) is 7.51. The molecule has 4 rings (SSSR count). The van der Waals surface area contributed by atoms with Crippen LogP contribution in [0.3, 0.4) is 0 Å². The first-order valence-electron chi connectivity index (χ1n) is 10.3. The highest BCUT2D eigenvalue weighted by Gasteiger charge is 2.17. The van der Waals surface area contributed by atoms with Crippen LogP contribution in [0.4, 0.5) is 0 Å². The number of aromatic nitrogens is 4. The number of para-hydroxylation sites is 1. The van der Waals surface area contributed by atoms with Gasteiger partial charge in [0.05, 0.1) is 26.2 Å². The van der Waals surface area contributed by atoms with Gasteiger partial charge in [-0.3, -0.25) is 14.3 Å². The summed E-state index contributed by atoms with van der Waals surface area (Å²) >= 11 is 1.27. The van der Waals surface area contributed by atoms with Gasteiger partial charge in [-0.05, 0) is 48.0 Å². The molecule has 0 unspecified atom stereocenters. The van der Waals surface area contributed by atoms with E-state index in [1.807, 2.05) is 53.1 Å². The van der Waals surface area contributed by atoms with E-state index >= 15 is 0 Å². The number of methoxy groups -OCH3 is 2. The molecule has 34 heavy (non-hydrogen) atoms. The number of benzene rings is 2. The Morgan fingerprint density at radius 1 is 1.03 bits per heavy atom. The van der Waals surface area contributed by atoms with Gasteiger partial charge in [0.15, 0.2) is 22.5 Å². The number of amides is 1. The number of carbonyl (C=O) groups excluding carboxylic acids is 1. The summed E-state index contributed by atoms with van der Waals surface area (Å²) in [5.74, 6) is 1.72. The van der Waals surface area contributed by atoms with Crippen molar-refractivity contribution in [1.82, 2.24) is 25.2 Å². The van der Waals surface area contributed by atoms with E-state index in [0.29, 0.717) is 22.5 Å². The van der Waals surface area contributed by atoms with Crippen LogP contribution in [0.25, 0.3) is 17.1 Å². The predicted octanol–water partition coefficient (Wildman–Crippen LogP) is 3.59. The van der Waals surface area contributed by atoms with Crippen molar-refractivity contribution in [2.45, 2.75) is 5.16 Å². The van der Waals surface area contributed by atoms with E-state index in [9.17, 15) is 4.79 Å². The zero-order chi connectivity index (χ0) is 23.8. The van der Waals surface area contributed by atoms with Gasteiger partial charge in [-0.15, -0.1) is 10.2 Å². The average molecular weight is 475 g/mol. The first kappa shape index (κ1) is 23.0. The van der Waals surface area contributed by atoms with E-state index in [1.165, 1.54) is 11.8 Å². The second-order valence-electron chi connectivity index (χ2n) is 6.91. The van der Waals surface area contributed by atoms with Crippen molar-refractivity contribution in [3.8, 4) is 28.6 Å². The highest BCUT2D eigenvalue weighted by atomic mass is 32.2. The zero-order valence-corrected chi connectivity index (χ0v) is 19.4. The number of rotatable bonds is 9. The van der Waals surface area contributed by atoms with Crippen LogP contribution in [0.1, 0.15) is 5.56 Å². The summed E-state index contributed by atoms with van der Waals surface area (Å²) in [6.45, 7) is 0. The molecule has 0 saturated carbocycles. The third kappa shape index (κ3) is 5.41. The zero-order valence-electron chi connectivity index (χ0n) is 18.6. The van der Waals surface area contributed by atoms with Crippen LogP contribution in [-0.2, 0) is 4.79 Å². The second kappa shape index (κ2) is 11.1. The van der Waals surface area contributed by atoms with Crippen molar-refractivity contribution in [3.63, 3.8) is 0 Å². The molecule has 1 amide bonds. The van der Waals surface area contributed by atoms with E-state index in [2.05, 4.69) is 25.7 Å². The van der Waals surface area contributed by atoms with Crippen molar-refractivity contribution in [2.75, 3.05) is 20.0 Å². The molecule has 0 aliphatic rings. The van der Waals surface area contributed by atoms with Crippen LogP contribution in [0, 0.1) is 0 Å². The monoisotopic (exact) mass is 474 g/mol. The fraction of sp³-hybridized carbons (Fsp3) is 0.125. The second-order valence-corrected chi connectivity index (χ2v) is 7.85. The van der Waals surface area contributed by atoms with Gasteiger partial charge in [0, 0.05) is 23.6 Å². The standard InChI is InChI=1S/C24H22N6O3S/c1-32-20-9-8-17(14-21(20)33-2)15-26-27-22(31)16-34-24-29-28-23(18-10-12-25-13-11-18)30(24)19-6-4-3-5-7-19/h3-15H,16H2,1-2H3,(H,27,31). The molecule has 0 aliphatic carbocycles. The Balaban J connectivity index is 1.45. The molecule has 0 saturated heterocycles. The topological polar surface area (TPSA) is 104 Å². The smallest absolute Gasteiger partial charge is 0.250 e. The van der Waals surface area contributed by atoms with Crippen LogP contribution in [0.2, 0.25) is 0 Å². The predicted molar refractivity (Wildman–Crippen MR) is 131 cm³/mol. The number of thioether (sulfide) groups is 1. The quantitative estimate of drug-likeness (QED) is 0.225. The number of hydrazone groups is 1. The van der Waals surface area contributed by atoms with Gasteiger partial charge in [-0.1, -0.05) is 30.0 Å². The maximum Gasteiger partial charge on any atom is 0.250 e. The van der Waals surface area contributed by atoms with Crippen LogP contribution in [0.5, 0.6) is 11.5 Å². The summed E-state index contributed by atoms with van der Waals surface area (Å²) < 4.78 is 12.4. The van der Waals surface area contributed by atoms with Crippen LogP contribution in [0.15, 0.2) is 83.3 Å². The van der Waals surface area contributed by atoms with E-state index in [4.69, 9.17) is 9.47 Å². The number of pyridine rings is 1. The summed E-state index contributed by atoms with van der Waals surface area (Å²) in [6, 6.07) is 18.8. The fourth-order valence-electron chi connectivity index (χ4n) is 3.14. The van der Waals surface area contributed by atoms with Gasteiger partial charge >= 0.3 is 0 Å². The molecule has 2 aromatic carbocycles. The number of nitrogens with one attached hydrogen (secondary N) is 1. The summed E-state index contributed by atoms with van der Waals surface area (Å²) in [4.78, 5) is 16.5. The lowest BCUT2D eigenvalue weighted by Gasteiger charge is -2.10. The summed E-state index contributed by atoms with van der Waals surface area (Å²) in [5.41, 5.74) is 5.07. The Labute approximate surface area is 200 Å². The molecule has 2 aromatic heterocycles. The number of ether oxygens (including phenoxy) is 2. The molecule has 2 heterocycles. The van der Waals surface area contributed by atoms with Gasteiger partial charge < -0.3 is 9.47 Å². The third-order valence-corrected chi connectivity index (χ3v) is 5.66. The van der Waals surface area contributed by atoms with Crippen LogP contribution >= 0.6 is 11.8 Å². The van der Waals surface area contributed by atoms with Gasteiger partial charge in [-0.2, -0.15) is 5.10 Å². The summed E-state index contributed by atoms with van der Waals surface area (Å²) in [5, 5.41) is 13.3. The normalized spacial score (nSPS) is 10.9. The number of carbonyl (C=O) groups is 1. The third-order valence-electron chi connectivity index (χ3n) is 4.73. The summed E-state index contributed by atoms with van der Waals surface area (Å²) in [6.07, 6.45) is 4.95. The minimum atomic E-state index is -0.269. The lowest BCUT2D eigenvalue weighted by atomic mass is 10.2. The van der Waals surface area contributed by atoms with Crippen LogP contribution in [-0.4, -0.2) is 51.8 Å². The Morgan fingerprint density at radius 2 is 1.79 bits per heavy atom. The van der Waals surface area contributed by atoms with E-state index in [-0.39, 0.29) is 11.7 Å². The van der Waals surface area contributed by atoms with Gasteiger partial charge in [0.2, 0.25) is 0 Å². The largest absolute Gasteiger partial charge is 0.493 e. The van der Waals surface area contributed by atoms with E-state index in [0.717, 1.165) is 16.8 Å². The first-order valence-corrected chi connectivity index (χ1v) is 11.3. The Morgan fingerprint density at radius 3 is 2.53 bits per heavy atom. The maximum atomic E-state index is 12.4. The Bertz CT molecular complexity index is 1280. The SMILES string of the molecule is COc1ccc(C=NNC(=O)CSc2nnc(-c3ccncc3)n2-c2ccccc2)cc1OC.